The van der Waals surface area contributed by atoms with Crippen LogP contribution in [-0.2, 0) is 0 Å². The van der Waals surface area contributed by atoms with Crippen molar-refractivity contribution < 1.29 is 9.15 Å². The molecule has 1 aromatic heterocycles. The van der Waals surface area contributed by atoms with Gasteiger partial charge in [0.15, 0.2) is 5.11 Å². The number of nitrogens with one attached hydrogen (secondary N) is 2. The number of para-hydroxylation sites is 1. The monoisotopic (exact) mass is 348 g/mol. The average Bonchev–Trinajstić information content (AvgIpc) is 2.99. The van der Waals surface area contributed by atoms with Crippen molar-refractivity contribution >= 4 is 50.6 Å². The molecule has 3 aromatic carbocycles. The Hall–Kier alpha value is -3.05. The zero-order chi connectivity index (χ0) is 17.2. The molecule has 4 nitrogen and oxygen atoms in total. The number of rotatable bonds is 3. The van der Waals surface area contributed by atoms with Gasteiger partial charge >= 0.3 is 0 Å². The van der Waals surface area contributed by atoms with Crippen molar-refractivity contribution in [2.24, 2.45) is 0 Å². The first-order chi connectivity index (χ1) is 12.2. The Morgan fingerprint density at radius 3 is 2.44 bits per heavy atom. The molecular formula is C20H16N2O2S. The lowest BCUT2D eigenvalue weighted by atomic mass is 10.1. The fraction of sp³-hybridized carbons (Fsp3) is 0.0500. The lowest BCUT2D eigenvalue weighted by molar-refractivity contribution is 0.415. The van der Waals surface area contributed by atoms with Crippen LogP contribution in [0.25, 0.3) is 21.9 Å². The number of methoxy groups -OCH3 is 1. The molecule has 0 spiro atoms. The van der Waals surface area contributed by atoms with Crippen LogP contribution in [0.15, 0.2) is 71.1 Å². The van der Waals surface area contributed by atoms with Gasteiger partial charge in [0.05, 0.1) is 7.11 Å². The molecule has 0 atom stereocenters. The molecule has 1 heterocycles. The van der Waals surface area contributed by atoms with Gasteiger partial charge in [-0.15, -0.1) is 0 Å². The van der Waals surface area contributed by atoms with Crippen molar-refractivity contribution in [3.05, 3.63) is 66.7 Å². The van der Waals surface area contributed by atoms with Crippen LogP contribution in [0.4, 0.5) is 11.4 Å². The van der Waals surface area contributed by atoms with E-state index in [0.29, 0.717) is 5.11 Å². The summed E-state index contributed by atoms with van der Waals surface area (Å²) in [7, 11) is 1.64. The number of benzene rings is 3. The second-order valence-corrected chi connectivity index (χ2v) is 6.03. The second-order valence-electron chi connectivity index (χ2n) is 5.62. The molecule has 4 aromatic rings. The summed E-state index contributed by atoms with van der Waals surface area (Å²) in [6.07, 6.45) is 0. The maximum Gasteiger partial charge on any atom is 0.175 e. The van der Waals surface area contributed by atoms with Crippen molar-refractivity contribution in [2.75, 3.05) is 17.7 Å². The SMILES string of the molecule is COc1cccc(NC(=S)Nc2ccc3c(c2)oc2ccccc23)c1. The number of hydrogen-bond donors (Lipinski definition) is 2. The normalized spacial score (nSPS) is 10.8. The standard InChI is InChI=1S/C20H16N2O2S/c1-23-15-6-4-5-13(11-15)21-20(25)22-14-9-10-17-16-7-2-3-8-18(16)24-19(17)12-14/h2-12H,1H3,(H2,21,22,25). The van der Waals surface area contributed by atoms with Crippen LogP contribution in [0.2, 0.25) is 0 Å². The summed E-state index contributed by atoms with van der Waals surface area (Å²) in [6, 6.07) is 21.6. The number of ether oxygens (including phenoxy) is 1. The quantitative estimate of drug-likeness (QED) is 0.485. The van der Waals surface area contributed by atoms with Crippen LogP contribution in [-0.4, -0.2) is 12.2 Å². The van der Waals surface area contributed by atoms with Gasteiger partial charge in [0.2, 0.25) is 0 Å². The molecule has 0 fully saturated rings. The minimum Gasteiger partial charge on any atom is -0.497 e. The molecular weight excluding hydrogens is 332 g/mol. The highest BCUT2D eigenvalue weighted by atomic mass is 32.1. The molecule has 0 aliphatic rings. The highest BCUT2D eigenvalue weighted by molar-refractivity contribution is 7.80. The first kappa shape index (κ1) is 15.5. The predicted molar refractivity (Wildman–Crippen MR) is 107 cm³/mol. The van der Waals surface area contributed by atoms with E-state index in [0.717, 1.165) is 39.1 Å². The lowest BCUT2D eigenvalue weighted by Crippen LogP contribution is -2.18. The summed E-state index contributed by atoms with van der Waals surface area (Å²) >= 11 is 5.39. The van der Waals surface area contributed by atoms with Gasteiger partial charge in [0, 0.05) is 34.3 Å². The number of fused-ring (bicyclic) bond motifs is 3. The maximum absolute atomic E-state index is 5.90. The Kier molecular flexibility index (Phi) is 3.99. The molecule has 0 aliphatic carbocycles. The second kappa shape index (κ2) is 6.45. The van der Waals surface area contributed by atoms with Crippen LogP contribution >= 0.6 is 12.2 Å². The van der Waals surface area contributed by atoms with Crippen LogP contribution < -0.4 is 15.4 Å². The van der Waals surface area contributed by atoms with Gasteiger partial charge in [-0.3, -0.25) is 0 Å². The molecule has 4 rings (SSSR count). The van der Waals surface area contributed by atoms with Gasteiger partial charge in [-0.2, -0.15) is 0 Å². The van der Waals surface area contributed by atoms with Gasteiger partial charge in [-0.1, -0.05) is 24.3 Å². The van der Waals surface area contributed by atoms with E-state index < -0.39 is 0 Å². The topological polar surface area (TPSA) is 46.4 Å². The molecule has 124 valence electrons. The van der Waals surface area contributed by atoms with E-state index in [4.69, 9.17) is 21.4 Å². The highest BCUT2D eigenvalue weighted by Gasteiger charge is 2.07. The summed E-state index contributed by atoms with van der Waals surface area (Å²) in [5.41, 5.74) is 3.44. The van der Waals surface area contributed by atoms with Gasteiger partial charge in [-0.25, -0.2) is 0 Å². The third-order valence-electron chi connectivity index (χ3n) is 3.96. The van der Waals surface area contributed by atoms with Gasteiger partial charge < -0.3 is 19.8 Å². The molecule has 5 heteroatoms. The third kappa shape index (κ3) is 3.14. The number of thiocarbonyl (C=S) groups is 1. The Morgan fingerprint density at radius 1 is 0.840 bits per heavy atom. The van der Waals surface area contributed by atoms with E-state index in [9.17, 15) is 0 Å². The van der Waals surface area contributed by atoms with Crippen molar-refractivity contribution in [1.29, 1.82) is 0 Å². The van der Waals surface area contributed by atoms with Crippen LogP contribution in [0.3, 0.4) is 0 Å². The number of hydrogen-bond acceptors (Lipinski definition) is 3. The van der Waals surface area contributed by atoms with Gasteiger partial charge in [0.1, 0.15) is 16.9 Å². The Labute approximate surface area is 150 Å². The molecule has 0 saturated carbocycles. The summed E-state index contributed by atoms with van der Waals surface area (Å²) < 4.78 is 11.1. The first-order valence-electron chi connectivity index (χ1n) is 7.86. The van der Waals surface area contributed by atoms with E-state index in [1.165, 1.54) is 0 Å². The minimum atomic E-state index is 0.503. The Balaban J connectivity index is 1.55. The van der Waals surface area contributed by atoms with E-state index >= 15 is 0 Å². The lowest BCUT2D eigenvalue weighted by Gasteiger charge is -2.11. The Bertz CT molecular complexity index is 1070. The molecule has 0 radical (unpaired) electrons. The van der Waals surface area contributed by atoms with E-state index in [2.05, 4.69) is 16.7 Å². The maximum atomic E-state index is 5.90. The predicted octanol–water partition coefficient (Wildman–Crippen LogP) is 5.40. The average molecular weight is 348 g/mol. The summed E-state index contributed by atoms with van der Waals surface area (Å²) in [5.74, 6) is 0.775. The smallest absolute Gasteiger partial charge is 0.175 e. The van der Waals surface area contributed by atoms with Gasteiger partial charge in [-0.05, 0) is 42.5 Å². The van der Waals surface area contributed by atoms with Crippen molar-refractivity contribution in [3.63, 3.8) is 0 Å². The molecule has 25 heavy (non-hydrogen) atoms. The van der Waals surface area contributed by atoms with Crippen LogP contribution in [0.1, 0.15) is 0 Å². The largest absolute Gasteiger partial charge is 0.497 e. The number of anilines is 2. The Morgan fingerprint density at radius 2 is 1.60 bits per heavy atom. The molecule has 0 aliphatic heterocycles. The van der Waals surface area contributed by atoms with Crippen molar-refractivity contribution in [1.82, 2.24) is 0 Å². The summed E-state index contributed by atoms with van der Waals surface area (Å²) in [6.45, 7) is 0. The fourth-order valence-electron chi connectivity index (χ4n) is 2.80. The zero-order valence-corrected chi connectivity index (χ0v) is 14.4. The van der Waals surface area contributed by atoms with Gasteiger partial charge in [0.25, 0.3) is 0 Å². The number of furan rings is 1. The zero-order valence-electron chi connectivity index (χ0n) is 13.6. The molecule has 0 bridgehead atoms. The van der Waals surface area contributed by atoms with Crippen LogP contribution in [0.5, 0.6) is 5.75 Å². The van der Waals surface area contributed by atoms with E-state index in [-0.39, 0.29) is 0 Å². The summed E-state index contributed by atoms with van der Waals surface area (Å²) in [5, 5.41) is 9.04. The van der Waals surface area contributed by atoms with Crippen molar-refractivity contribution in [2.45, 2.75) is 0 Å². The first-order valence-corrected chi connectivity index (χ1v) is 8.27. The minimum absolute atomic E-state index is 0.503. The molecule has 2 N–H and O–H groups in total. The van der Waals surface area contributed by atoms with Crippen molar-refractivity contribution in [3.8, 4) is 5.75 Å². The highest BCUT2D eigenvalue weighted by Crippen LogP contribution is 2.30. The summed E-state index contributed by atoms with van der Waals surface area (Å²) in [4.78, 5) is 0. The molecule has 0 unspecified atom stereocenters. The third-order valence-corrected chi connectivity index (χ3v) is 4.17. The fourth-order valence-corrected chi connectivity index (χ4v) is 3.03. The molecule has 0 saturated heterocycles. The van der Waals surface area contributed by atoms with E-state index in [1.54, 1.807) is 7.11 Å². The van der Waals surface area contributed by atoms with Crippen LogP contribution in [0, 0.1) is 0 Å². The van der Waals surface area contributed by atoms with E-state index in [1.807, 2.05) is 60.7 Å². The molecule has 0 amide bonds.